The topological polar surface area (TPSA) is 142 Å². The monoisotopic (exact) mass is 479 g/mol. The summed E-state index contributed by atoms with van der Waals surface area (Å²) >= 11 is 0. The lowest BCUT2D eigenvalue weighted by Gasteiger charge is -2.40. The van der Waals surface area contributed by atoms with Gasteiger partial charge in [-0.05, 0) is 46.5 Å². The Kier molecular flexibility index (Phi) is 6.73. The lowest BCUT2D eigenvalue weighted by Crippen LogP contribution is -2.51. The molecular weight excluding hydrogens is 450 g/mol. The minimum absolute atomic E-state index is 0.0551. The summed E-state index contributed by atoms with van der Waals surface area (Å²) in [5.41, 5.74) is 0.553. The van der Waals surface area contributed by atoms with Crippen LogP contribution in [0.5, 0.6) is 0 Å². The van der Waals surface area contributed by atoms with E-state index in [0.717, 1.165) is 25.7 Å². The molecule has 2 bridgehead atoms. The van der Waals surface area contributed by atoms with E-state index in [2.05, 4.69) is 25.6 Å². The smallest absolute Gasteiger partial charge is 0.410 e. The third-order valence-electron chi connectivity index (χ3n) is 6.03. The molecule has 2 saturated heterocycles. The highest BCUT2D eigenvalue weighted by Crippen LogP contribution is 2.38. The molecule has 4 rings (SSSR count). The molecule has 35 heavy (non-hydrogen) atoms. The summed E-state index contributed by atoms with van der Waals surface area (Å²) in [4.78, 5) is 39.5. The number of amides is 1. The molecule has 11 nitrogen and oxygen atoms in total. The van der Waals surface area contributed by atoms with Crippen LogP contribution >= 0.6 is 0 Å². The molecule has 2 aliphatic heterocycles. The van der Waals surface area contributed by atoms with E-state index in [1.165, 1.54) is 25.7 Å². The van der Waals surface area contributed by atoms with Crippen molar-refractivity contribution in [1.82, 2.24) is 19.9 Å². The van der Waals surface area contributed by atoms with E-state index >= 15 is 0 Å². The summed E-state index contributed by atoms with van der Waals surface area (Å²) in [5.74, 6) is 0.365. The van der Waals surface area contributed by atoms with Crippen molar-refractivity contribution in [3.05, 3.63) is 35.9 Å². The largest absolute Gasteiger partial charge is 0.465 e. The van der Waals surface area contributed by atoms with Gasteiger partial charge in [0, 0.05) is 30.4 Å². The summed E-state index contributed by atoms with van der Waals surface area (Å²) in [6, 6.07) is 3.85. The van der Waals surface area contributed by atoms with E-state index in [4.69, 9.17) is 14.7 Å². The van der Waals surface area contributed by atoms with Crippen LogP contribution < -0.4 is 10.6 Å². The number of carbonyl (C=O) groups is 2. The van der Waals surface area contributed by atoms with Gasteiger partial charge in [0.2, 0.25) is 0 Å². The summed E-state index contributed by atoms with van der Waals surface area (Å²) in [7, 11) is 1.32. The molecule has 2 N–H and O–H groups in total. The normalized spacial score (nSPS) is 21.1. The lowest BCUT2D eigenvalue weighted by atomic mass is 9.97. The fourth-order valence-corrected chi connectivity index (χ4v) is 4.62. The summed E-state index contributed by atoms with van der Waals surface area (Å²) in [6.07, 6.45) is 7.30. The van der Waals surface area contributed by atoms with Gasteiger partial charge in [0.15, 0.2) is 5.69 Å². The first kappa shape index (κ1) is 24.2. The van der Waals surface area contributed by atoms with E-state index in [0.29, 0.717) is 22.9 Å². The second kappa shape index (κ2) is 9.74. The van der Waals surface area contributed by atoms with Crippen LogP contribution in [0, 0.1) is 11.3 Å². The Morgan fingerprint density at radius 2 is 1.77 bits per heavy atom. The van der Waals surface area contributed by atoms with Crippen LogP contribution in [-0.4, -0.2) is 62.8 Å². The molecule has 184 valence electrons. The van der Waals surface area contributed by atoms with Crippen molar-refractivity contribution in [2.45, 2.75) is 70.2 Å². The predicted molar refractivity (Wildman–Crippen MR) is 127 cm³/mol. The number of carbonyl (C=O) groups excluding carboxylic acids is 2. The van der Waals surface area contributed by atoms with E-state index in [-0.39, 0.29) is 29.9 Å². The van der Waals surface area contributed by atoms with Crippen molar-refractivity contribution >= 4 is 29.4 Å². The summed E-state index contributed by atoms with van der Waals surface area (Å²) in [5, 5.41) is 15.4. The number of pyridine rings is 1. The zero-order chi connectivity index (χ0) is 25.2. The number of piperidine rings is 1. The fourth-order valence-electron chi connectivity index (χ4n) is 4.62. The zero-order valence-corrected chi connectivity index (χ0v) is 20.2. The molecule has 0 spiro atoms. The predicted octanol–water partition coefficient (Wildman–Crippen LogP) is 3.62. The van der Waals surface area contributed by atoms with Crippen molar-refractivity contribution in [1.29, 1.82) is 5.26 Å². The molecule has 2 aliphatic rings. The molecular formula is C24H29N7O4. The number of anilines is 3. The first-order chi connectivity index (χ1) is 16.7. The first-order valence-corrected chi connectivity index (χ1v) is 11.5. The van der Waals surface area contributed by atoms with Crippen LogP contribution in [0.1, 0.15) is 62.5 Å². The van der Waals surface area contributed by atoms with Gasteiger partial charge in [0.1, 0.15) is 28.9 Å². The van der Waals surface area contributed by atoms with Gasteiger partial charge in [0.25, 0.3) is 0 Å². The number of ether oxygens (including phenoxy) is 2. The van der Waals surface area contributed by atoms with Crippen LogP contribution in [0.2, 0.25) is 0 Å². The first-order valence-electron chi connectivity index (χ1n) is 11.5. The Bertz CT molecular complexity index is 1130. The van der Waals surface area contributed by atoms with Crippen molar-refractivity contribution in [2.24, 2.45) is 0 Å². The number of esters is 1. The number of hydrogen-bond acceptors (Lipinski definition) is 10. The van der Waals surface area contributed by atoms with Gasteiger partial charge < -0.3 is 25.0 Å². The number of nitriles is 1. The highest BCUT2D eigenvalue weighted by Gasteiger charge is 2.45. The van der Waals surface area contributed by atoms with Crippen molar-refractivity contribution < 1.29 is 19.1 Å². The Morgan fingerprint density at radius 1 is 1.09 bits per heavy atom. The molecule has 2 aromatic heterocycles. The Hall–Kier alpha value is -3.94. The molecule has 0 saturated carbocycles. The molecule has 4 heterocycles. The maximum atomic E-state index is 12.8. The highest BCUT2D eigenvalue weighted by atomic mass is 16.6. The van der Waals surface area contributed by atoms with Gasteiger partial charge in [-0.15, -0.1) is 0 Å². The zero-order valence-electron chi connectivity index (χ0n) is 20.2. The fraction of sp³-hybridized carbons (Fsp3) is 0.500. The number of aromatic nitrogens is 3. The third kappa shape index (κ3) is 5.59. The van der Waals surface area contributed by atoms with Crippen LogP contribution in [0.15, 0.2) is 24.7 Å². The number of methoxy groups -OCH3 is 1. The van der Waals surface area contributed by atoms with Gasteiger partial charge in [-0.1, -0.05) is 0 Å². The van der Waals surface area contributed by atoms with Crippen LogP contribution in [0.4, 0.5) is 22.1 Å². The molecule has 0 aromatic carbocycles. The Morgan fingerprint density at radius 3 is 2.34 bits per heavy atom. The molecule has 2 aromatic rings. The van der Waals surface area contributed by atoms with Crippen LogP contribution in [-0.2, 0) is 9.47 Å². The minimum atomic E-state index is -0.541. The van der Waals surface area contributed by atoms with Crippen LogP contribution in [0.25, 0.3) is 0 Å². The van der Waals surface area contributed by atoms with Crippen LogP contribution in [0.3, 0.4) is 0 Å². The molecule has 0 aliphatic carbocycles. The molecule has 1 amide bonds. The number of nitrogens with zero attached hydrogens (tertiary/aromatic N) is 5. The molecule has 3 atom stereocenters. The van der Waals surface area contributed by atoms with E-state index < -0.39 is 11.6 Å². The summed E-state index contributed by atoms with van der Waals surface area (Å²) in [6.45, 7) is 5.61. The second-order valence-corrected chi connectivity index (χ2v) is 9.72. The number of nitrogens with one attached hydrogen (secondary N) is 2. The molecule has 2 fully saturated rings. The van der Waals surface area contributed by atoms with E-state index in [1.54, 1.807) is 6.07 Å². The Labute approximate surface area is 203 Å². The summed E-state index contributed by atoms with van der Waals surface area (Å²) < 4.78 is 10.6. The standard InChI is InChI=1S/C24H29N7O4/c1-24(2,3)35-23(33)31-16-5-6-17(31)8-14(7-16)29-19-9-20(28-12-18(19)22(32)34-4)30-21-13-26-15(10-25)11-27-21/h9,11-14,16-17H,5-8H2,1-4H3,(H2,27,28,29,30)/t14?,16-,17+. The quantitative estimate of drug-likeness (QED) is 0.610. The van der Waals surface area contributed by atoms with Crippen molar-refractivity contribution in [2.75, 3.05) is 17.7 Å². The molecule has 11 heteroatoms. The average Bonchev–Trinajstić information content (AvgIpc) is 3.09. The number of rotatable bonds is 5. The maximum absolute atomic E-state index is 12.8. The van der Waals surface area contributed by atoms with Crippen molar-refractivity contribution in [3.63, 3.8) is 0 Å². The molecule has 1 unspecified atom stereocenters. The minimum Gasteiger partial charge on any atom is -0.465 e. The molecule has 0 radical (unpaired) electrons. The highest BCUT2D eigenvalue weighted by molar-refractivity contribution is 5.96. The van der Waals surface area contributed by atoms with Gasteiger partial charge in [-0.3, -0.25) is 0 Å². The number of fused-ring (bicyclic) bond motifs is 2. The lowest BCUT2D eigenvalue weighted by molar-refractivity contribution is 0.00683. The van der Waals surface area contributed by atoms with Gasteiger partial charge in [-0.25, -0.2) is 24.5 Å². The van der Waals surface area contributed by atoms with Crippen molar-refractivity contribution in [3.8, 4) is 6.07 Å². The van der Waals surface area contributed by atoms with E-state index in [1.807, 2.05) is 31.7 Å². The second-order valence-electron chi connectivity index (χ2n) is 9.72. The third-order valence-corrected chi connectivity index (χ3v) is 6.03. The maximum Gasteiger partial charge on any atom is 0.410 e. The average molecular weight is 480 g/mol. The van der Waals surface area contributed by atoms with Gasteiger partial charge in [0.05, 0.1) is 25.2 Å². The van der Waals surface area contributed by atoms with Gasteiger partial charge in [-0.2, -0.15) is 5.26 Å². The Balaban J connectivity index is 1.51. The number of hydrogen-bond donors (Lipinski definition) is 2. The van der Waals surface area contributed by atoms with E-state index in [9.17, 15) is 9.59 Å². The van der Waals surface area contributed by atoms with Gasteiger partial charge >= 0.3 is 12.1 Å². The SMILES string of the molecule is COC(=O)c1cnc(Nc2cnc(C#N)cn2)cc1NC1C[C@H]2CC[C@@H](C1)N2C(=O)OC(C)(C)C.